The van der Waals surface area contributed by atoms with E-state index in [1.807, 2.05) is 24.4 Å². The Morgan fingerprint density at radius 3 is 2.90 bits per heavy atom. The molecule has 2 heterocycles. The van der Waals surface area contributed by atoms with Gasteiger partial charge < -0.3 is 15.4 Å². The predicted octanol–water partition coefficient (Wildman–Crippen LogP) is 2.26. The zero-order valence-corrected chi connectivity index (χ0v) is 12.3. The maximum absolute atomic E-state index is 6.13. The van der Waals surface area contributed by atoms with Gasteiger partial charge in [0.2, 0.25) is 0 Å². The minimum Gasteiger partial charge on any atom is -0.493 e. The molecule has 21 heavy (non-hydrogen) atoms. The van der Waals surface area contributed by atoms with Gasteiger partial charge in [-0.05, 0) is 17.7 Å². The summed E-state index contributed by atoms with van der Waals surface area (Å²) in [4.78, 5) is 8.57. The van der Waals surface area contributed by atoms with Crippen LogP contribution in [0.25, 0.3) is 11.0 Å². The van der Waals surface area contributed by atoms with Gasteiger partial charge in [-0.3, -0.25) is 9.97 Å². The summed E-state index contributed by atoms with van der Waals surface area (Å²) in [6, 6.07) is 6.01. The van der Waals surface area contributed by atoms with Crippen molar-refractivity contribution in [3.8, 4) is 0 Å². The van der Waals surface area contributed by atoms with Gasteiger partial charge >= 0.3 is 0 Å². The number of benzene rings is 1. The van der Waals surface area contributed by atoms with Crippen LogP contribution < -0.4 is 10.6 Å². The molecule has 2 N–H and O–H groups in total. The molecule has 0 atom stereocenters. The van der Waals surface area contributed by atoms with Crippen molar-refractivity contribution in [3.05, 3.63) is 58.8 Å². The number of nitrogens with zero attached hydrogens (tertiary/aromatic N) is 2. The molecule has 1 aromatic heterocycles. The predicted molar refractivity (Wildman–Crippen MR) is 82.4 cm³/mol. The van der Waals surface area contributed by atoms with Crippen LogP contribution in [0.15, 0.2) is 53.3 Å². The molecule has 1 aliphatic rings. The van der Waals surface area contributed by atoms with Crippen LogP contribution in [-0.4, -0.2) is 23.6 Å². The summed E-state index contributed by atoms with van der Waals surface area (Å²) in [7, 11) is 1.62. The third kappa shape index (κ3) is 2.92. The fraction of sp³-hybridized carbons (Fsp3) is 0.200. The van der Waals surface area contributed by atoms with Crippen molar-refractivity contribution >= 4 is 22.6 Å². The summed E-state index contributed by atoms with van der Waals surface area (Å²) in [6.07, 6.45) is 5.25. The first-order valence-electron chi connectivity index (χ1n) is 6.58. The number of hydrogen-bond donors (Lipinski definition) is 2. The smallest absolute Gasteiger partial charge is 0.159 e. The van der Waals surface area contributed by atoms with Gasteiger partial charge in [-0.15, -0.1) is 0 Å². The highest BCUT2D eigenvalue weighted by Gasteiger charge is 2.15. The van der Waals surface area contributed by atoms with Gasteiger partial charge in [0.15, 0.2) is 5.76 Å². The van der Waals surface area contributed by atoms with E-state index in [-0.39, 0.29) is 0 Å². The van der Waals surface area contributed by atoms with Gasteiger partial charge in [0.25, 0.3) is 0 Å². The first kappa shape index (κ1) is 13.7. The minimum atomic E-state index is 0.585. The van der Waals surface area contributed by atoms with Gasteiger partial charge in [0.05, 0.1) is 35.4 Å². The Labute approximate surface area is 127 Å². The van der Waals surface area contributed by atoms with E-state index >= 15 is 0 Å². The molecule has 6 heteroatoms. The second kappa shape index (κ2) is 6.01. The van der Waals surface area contributed by atoms with E-state index < -0.39 is 0 Å². The molecular formula is C15H15ClN4O. The molecule has 1 aliphatic heterocycles. The molecule has 0 aliphatic carbocycles. The molecule has 0 unspecified atom stereocenters. The summed E-state index contributed by atoms with van der Waals surface area (Å²) in [6.45, 7) is 1.23. The number of hydrogen-bond acceptors (Lipinski definition) is 5. The summed E-state index contributed by atoms with van der Waals surface area (Å²) in [5.74, 6) is 0.677. The van der Waals surface area contributed by atoms with Crippen LogP contribution in [0.4, 0.5) is 0 Å². The molecule has 108 valence electrons. The molecule has 0 saturated heterocycles. The van der Waals surface area contributed by atoms with Crippen molar-refractivity contribution in [2.75, 3.05) is 13.7 Å². The molecule has 0 radical (unpaired) electrons. The summed E-state index contributed by atoms with van der Waals surface area (Å²) in [5.41, 5.74) is 3.72. The first-order valence-corrected chi connectivity index (χ1v) is 6.96. The lowest BCUT2D eigenvalue weighted by molar-refractivity contribution is 0.290. The van der Waals surface area contributed by atoms with Crippen molar-refractivity contribution in [1.29, 1.82) is 0 Å². The molecule has 0 fully saturated rings. The largest absolute Gasteiger partial charge is 0.493 e. The second-order valence-electron chi connectivity index (χ2n) is 4.61. The van der Waals surface area contributed by atoms with E-state index in [0.29, 0.717) is 23.9 Å². The molecule has 0 spiro atoms. The Bertz CT molecular complexity index is 726. The zero-order chi connectivity index (χ0) is 14.7. The highest BCUT2D eigenvalue weighted by atomic mass is 35.5. The third-order valence-electron chi connectivity index (χ3n) is 3.22. The highest BCUT2D eigenvalue weighted by molar-refractivity contribution is 6.30. The van der Waals surface area contributed by atoms with Gasteiger partial charge in [-0.2, -0.15) is 0 Å². The van der Waals surface area contributed by atoms with Gasteiger partial charge in [-0.25, -0.2) is 0 Å². The average molecular weight is 303 g/mol. The fourth-order valence-corrected chi connectivity index (χ4v) is 2.46. The maximum Gasteiger partial charge on any atom is 0.159 e. The standard InChI is InChI=1S/C15H15ClN4O/c1-21-15-11(16)8-17-9-14(15)20-7-10-2-3-12-13(6-10)19-5-4-18-12/h2-6,9,17,20H,7-8H2,1H3. The Morgan fingerprint density at radius 1 is 1.29 bits per heavy atom. The lowest BCUT2D eigenvalue weighted by Crippen LogP contribution is -2.25. The van der Waals surface area contributed by atoms with Gasteiger partial charge in [-0.1, -0.05) is 17.7 Å². The van der Waals surface area contributed by atoms with E-state index in [1.165, 1.54) is 0 Å². The molecule has 3 rings (SSSR count). The Balaban J connectivity index is 1.76. The number of fused-ring (bicyclic) bond motifs is 1. The number of ether oxygens (including phenoxy) is 1. The number of halogens is 1. The monoisotopic (exact) mass is 302 g/mol. The van der Waals surface area contributed by atoms with Crippen LogP contribution in [0, 0.1) is 0 Å². The van der Waals surface area contributed by atoms with Crippen LogP contribution in [0.2, 0.25) is 0 Å². The van der Waals surface area contributed by atoms with Crippen molar-refractivity contribution < 1.29 is 4.74 Å². The van der Waals surface area contributed by atoms with Crippen LogP contribution >= 0.6 is 11.6 Å². The third-order valence-corrected chi connectivity index (χ3v) is 3.52. The SMILES string of the molecule is COC1=C(Cl)CNC=C1NCc1ccc2nccnc2c1. The van der Waals surface area contributed by atoms with Crippen LogP contribution in [-0.2, 0) is 11.3 Å². The van der Waals surface area contributed by atoms with E-state index in [0.717, 1.165) is 22.3 Å². The van der Waals surface area contributed by atoms with Crippen molar-refractivity contribution in [3.63, 3.8) is 0 Å². The Morgan fingerprint density at radius 2 is 2.10 bits per heavy atom. The highest BCUT2D eigenvalue weighted by Crippen LogP contribution is 2.20. The van der Waals surface area contributed by atoms with Crippen LogP contribution in [0.5, 0.6) is 0 Å². The lowest BCUT2D eigenvalue weighted by atomic mass is 10.2. The lowest BCUT2D eigenvalue weighted by Gasteiger charge is -2.19. The van der Waals surface area contributed by atoms with E-state index in [4.69, 9.17) is 16.3 Å². The molecule has 0 saturated carbocycles. The molecule has 2 aromatic rings. The van der Waals surface area contributed by atoms with Crippen molar-refractivity contribution in [2.45, 2.75) is 6.54 Å². The minimum absolute atomic E-state index is 0.585. The van der Waals surface area contributed by atoms with Crippen LogP contribution in [0.1, 0.15) is 5.56 Å². The Hall–Kier alpha value is -2.27. The molecule has 0 bridgehead atoms. The first-order chi connectivity index (χ1) is 10.3. The van der Waals surface area contributed by atoms with Crippen molar-refractivity contribution in [2.24, 2.45) is 0 Å². The van der Waals surface area contributed by atoms with Gasteiger partial charge in [0, 0.05) is 25.1 Å². The Kier molecular flexibility index (Phi) is 3.92. The van der Waals surface area contributed by atoms with Crippen LogP contribution in [0.3, 0.4) is 0 Å². The van der Waals surface area contributed by atoms with E-state index in [1.54, 1.807) is 19.5 Å². The normalized spacial score (nSPS) is 14.7. The summed E-state index contributed by atoms with van der Waals surface area (Å²) in [5, 5.41) is 7.07. The van der Waals surface area contributed by atoms with E-state index in [9.17, 15) is 0 Å². The van der Waals surface area contributed by atoms with Gasteiger partial charge in [0.1, 0.15) is 0 Å². The molecular weight excluding hydrogens is 288 g/mol. The number of aromatic nitrogens is 2. The average Bonchev–Trinajstić information content (AvgIpc) is 2.52. The number of rotatable bonds is 4. The molecule has 0 amide bonds. The summed E-state index contributed by atoms with van der Waals surface area (Å²) < 4.78 is 5.33. The quantitative estimate of drug-likeness (QED) is 0.907. The molecule has 1 aromatic carbocycles. The van der Waals surface area contributed by atoms with Crippen molar-refractivity contribution in [1.82, 2.24) is 20.6 Å². The zero-order valence-electron chi connectivity index (χ0n) is 11.6. The topological polar surface area (TPSA) is 59.1 Å². The number of nitrogens with one attached hydrogen (secondary N) is 2. The number of dihydropyridines is 1. The maximum atomic E-state index is 6.13. The fourth-order valence-electron chi connectivity index (χ4n) is 2.20. The second-order valence-corrected chi connectivity index (χ2v) is 5.07. The van der Waals surface area contributed by atoms with E-state index in [2.05, 4.69) is 20.6 Å². The summed E-state index contributed by atoms with van der Waals surface area (Å²) >= 11 is 6.13. The number of methoxy groups -OCH3 is 1. The molecule has 5 nitrogen and oxygen atoms in total.